The van der Waals surface area contributed by atoms with Crippen LogP contribution in [0.15, 0.2) is 72.6 Å². The molecule has 0 saturated heterocycles. The van der Waals surface area contributed by atoms with E-state index in [9.17, 15) is 0 Å². The van der Waals surface area contributed by atoms with E-state index in [1.165, 1.54) is 22.2 Å². The van der Waals surface area contributed by atoms with Crippen LogP contribution in [0.5, 0.6) is 0 Å². The normalized spacial score (nSPS) is 14.0. The standard InChI is InChI=1S/C21H21N3/c1-22-18-12-19(17-10-6-3-7-11-17)21-20(13-18)24(15-23-21)14-16-8-4-2-5-9-16/h3-4,6-13,15,22H,2,5,14H2,1H3. The minimum atomic E-state index is 0.869. The highest BCUT2D eigenvalue weighted by Crippen LogP contribution is 2.31. The number of nitrogens with zero attached hydrogens (tertiary/aromatic N) is 2. The summed E-state index contributed by atoms with van der Waals surface area (Å²) >= 11 is 0. The van der Waals surface area contributed by atoms with Crippen molar-refractivity contribution < 1.29 is 0 Å². The molecule has 0 radical (unpaired) electrons. The van der Waals surface area contributed by atoms with Crippen molar-refractivity contribution in [3.05, 3.63) is 72.6 Å². The smallest absolute Gasteiger partial charge is 0.0964 e. The number of rotatable bonds is 4. The molecule has 0 fully saturated rings. The molecule has 0 atom stereocenters. The van der Waals surface area contributed by atoms with Crippen LogP contribution in [0.1, 0.15) is 12.8 Å². The summed E-state index contributed by atoms with van der Waals surface area (Å²) in [5, 5.41) is 3.28. The minimum absolute atomic E-state index is 0.869. The van der Waals surface area contributed by atoms with E-state index in [2.05, 4.69) is 64.5 Å². The van der Waals surface area contributed by atoms with E-state index >= 15 is 0 Å². The van der Waals surface area contributed by atoms with E-state index in [4.69, 9.17) is 4.98 Å². The van der Waals surface area contributed by atoms with E-state index in [1.807, 2.05) is 19.4 Å². The van der Waals surface area contributed by atoms with Gasteiger partial charge in [-0.25, -0.2) is 4.98 Å². The van der Waals surface area contributed by atoms with Gasteiger partial charge in [-0.2, -0.15) is 0 Å². The van der Waals surface area contributed by atoms with E-state index in [0.717, 1.165) is 30.6 Å². The monoisotopic (exact) mass is 315 g/mol. The SMILES string of the molecule is CNc1cc(-c2ccccc2)c2ncn(CC3=CCCC=C3)c2c1. The van der Waals surface area contributed by atoms with Gasteiger partial charge < -0.3 is 9.88 Å². The summed E-state index contributed by atoms with van der Waals surface area (Å²) in [5.41, 5.74) is 7.06. The zero-order valence-electron chi connectivity index (χ0n) is 13.9. The van der Waals surface area contributed by atoms with Gasteiger partial charge >= 0.3 is 0 Å². The first-order valence-electron chi connectivity index (χ1n) is 8.43. The Morgan fingerprint density at radius 3 is 2.75 bits per heavy atom. The molecular formula is C21H21N3. The maximum Gasteiger partial charge on any atom is 0.0964 e. The first-order valence-corrected chi connectivity index (χ1v) is 8.43. The minimum Gasteiger partial charge on any atom is -0.388 e. The molecule has 3 nitrogen and oxygen atoms in total. The number of imidazole rings is 1. The Balaban J connectivity index is 1.83. The van der Waals surface area contributed by atoms with Crippen LogP contribution in [0.25, 0.3) is 22.2 Å². The van der Waals surface area contributed by atoms with Gasteiger partial charge in [-0.15, -0.1) is 0 Å². The van der Waals surface area contributed by atoms with Crippen LogP contribution in [0.3, 0.4) is 0 Å². The molecule has 1 N–H and O–H groups in total. The van der Waals surface area contributed by atoms with Gasteiger partial charge in [0.1, 0.15) is 0 Å². The second-order valence-corrected chi connectivity index (χ2v) is 6.14. The summed E-state index contributed by atoms with van der Waals surface area (Å²) in [6.07, 6.45) is 11.1. The van der Waals surface area contributed by atoms with E-state index < -0.39 is 0 Å². The molecule has 0 aliphatic heterocycles. The Labute approximate surface area is 142 Å². The number of hydrogen-bond donors (Lipinski definition) is 1. The van der Waals surface area contributed by atoms with Gasteiger partial charge in [0.2, 0.25) is 0 Å². The average molecular weight is 315 g/mol. The summed E-state index contributed by atoms with van der Waals surface area (Å²) in [4.78, 5) is 4.72. The maximum atomic E-state index is 4.72. The second kappa shape index (κ2) is 6.36. The Bertz CT molecular complexity index is 917. The van der Waals surface area contributed by atoms with Crippen molar-refractivity contribution in [3.63, 3.8) is 0 Å². The van der Waals surface area contributed by atoms with Gasteiger partial charge in [0.15, 0.2) is 0 Å². The van der Waals surface area contributed by atoms with Crippen LogP contribution < -0.4 is 5.32 Å². The van der Waals surface area contributed by atoms with Crippen LogP contribution in [0.2, 0.25) is 0 Å². The molecule has 0 amide bonds. The highest BCUT2D eigenvalue weighted by atomic mass is 15.0. The van der Waals surface area contributed by atoms with Gasteiger partial charge in [0.05, 0.1) is 17.4 Å². The fourth-order valence-corrected chi connectivity index (χ4v) is 3.25. The summed E-state index contributed by atoms with van der Waals surface area (Å²) in [6, 6.07) is 14.8. The molecule has 4 rings (SSSR count). The lowest BCUT2D eigenvalue weighted by Crippen LogP contribution is -2.00. The fourth-order valence-electron chi connectivity index (χ4n) is 3.25. The summed E-state index contributed by atoms with van der Waals surface area (Å²) < 4.78 is 2.24. The lowest BCUT2D eigenvalue weighted by Gasteiger charge is -2.11. The first kappa shape index (κ1) is 14.8. The molecule has 1 heterocycles. The molecule has 3 aromatic rings. The highest BCUT2D eigenvalue weighted by Gasteiger charge is 2.12. The maximum absolute atomic E-state index is 4.72. The van der Waals surface area contributed by atoms with Crippen LogP contribution in [0, 0.1) is 0 Å². The summed E-state index contributed by atoms with van der Waals surface area (Å²) in [5.74, 6) is 0. The second-order valence-electron chi connectivity index (χ2n) is 6.14. The quantitative estimate of drug-likeness (QED) is 0.732. The Kier molecular flexibility index (Phi) is 3.91. The van der Waals surface area contributed by atoms with Crippen molar-refractivity contribution >= 4 is 16.7 Å². The van der Waals surface area contributed by atoms with Crippen LogP contribution in [-0.4, -0.2) is 16.6 Å². The number of fused-ring (bicyclic) bond motifs is 1. The molecule has 1 aliphatic carbocycles. The van der Waals surface area contributed by atoms with Gasteiger partial charge in [0.25, 0.3) is 0 Å². The fraction of sp³-hybridized carbons (Fsp3) is 0.190. The van der Waals surface area contributed by atoms with Crippen LogP contribution in [-0.2, 0) is 6.54 Å². The topological polar surface area (TPSA) is 29.9 Å². The molecule has 0 spiro atoms. The van der Waals surface area contributed by atoms with Crippen molar-refractivity contribution in [1.29, 1.82) is 0 Å². The lowest BCUT2D eigenvalue weighted by molar-refractivity contribution is 0.809. The molecule has 3 heteroatoms. The van der Waals surface area contributed by atoms with Gasteiger partial charge in [-0.05, 0) is 36.1 Å². The van der Waals surface area contributed by atoms with Crippen molar-refractivity contribution in [2.75, 3.05) is 12.4 Å². The number of nitrogens with one attached hydrogen (secondary N) is 1. The predicted molar refractivity (Wildman–Crippen MR) is 101 cm³/mol. The first-order chi connectivity index (χ1) is 11.8. The molecule has 2 aromatic carbocycles. The zero-order valence-corrected chi connectivity index (χ0v) is 13.9. The molecule has 120 valence electrons. The van der Waals surface area contributed by atoms with Crippen LogP contribution >= 0.6 is 0 Å². The van der Waals surface area contributed by atoms with Crippen molar-refractivity contribution in [1.82, 2.24) is 9.55 Å². The van der Waals surface area contributed by atoms with E-state index in [1.54, 1.807) is 0 Å². The Hall–Kier alpha value is -2.81. The third kappa shape index (κ3) is 2.73. The van der Waals surface area contributed by atoms with E-state index in [0.29, 0.717) is 0 Å². The molecule has 0 bridgehead atoms. The molecule has 1 aliphatic rings. The van der Waals surface area contributed by atoms with Crippen molar-refractivity contribution in [2.24, 2.45) is 0 Å². The molecular weight excluding hydrogens is 294 g/mol. The summed E-state index contributed by atoms with van der Waals surface area (Å²) in [7, 11) is 1.96. The summed E-state index contributed by atoms with van der Waals surface area (Å²) in [6.45, 7) is 0.869. The third-order valence-corrected chi connectivity index (χ3v) is 4.52. The Morgan fingerprint density at radius 1 is 1.12 bits per heavy atom. The molecule has 1 aromatic heterocycles. The van der Waals surface area contributed by atoms with Gasteiger partial charge in [-0.3, -0.25) is 0 Å². The van der Waals surface area contributed by atoms with Crippen LogP contribution in [0.4, 0.5) is 5.69 Å². The van der Waals surface area contributed by atoms with E-state index in [-0.39, 0.29) is 0 Å². The molecule has 0 saturated carbocycles. The number of anilines is 1. The Morgan fingerprint density at radius 2 is 2.00 bits per heavy atom. The molecule has 24 heavy (non-hydrogen) atoms. The number of hydrogen-bond acceptors (Lipinski definition) is 2. The van der Waals surface area contributed by atoms with Crippen molar-refractivity contribution in [3.8, 4) is 11.1 Å². The van der Waals surface area contributed by atoms with Gasteiger partial charge in [-0.1, -0.05) is 48.6 Å². The number of allylic oxidation sites excluding steroid dienone is 4. The highest BCUT2D eigenvalue weighted by molar-refractivity contribution is 5.95. The zero-order chi connectivity index (χ0) is 16.4. The number of benzene rings is 2. The molecule has 0 unspecified atom stereocenters. The lowest BCUT2D eigenvalue weighted by atomic mass is 10.0. The average Bonchev–Trinajstić information content (AvgIpc) is 3.05. The number of aromatic nitrogens is 2. The van der Waals surface area contributed by atoms with Crippen molar-refractivity contribution in [2.45, 2.75) is 19.4 Å². The third-order valence-electron chi connectivity index (χ3n) is 4.52. The van der Waals surface area contributed by atoms with Gasteiger partial charge in [0, 0.05) is 24.8 Å². The largest absolute Gasteiger partial charge is 0.388 e. The predicted octanol–water partition coefficient (Wildman–Crippen LogP) is 5.02.